The number of hydrazine groups is 1. The summed E-state index contributed by atoms with van der Waals surface area (Å²) in [5, 5.41) is 3.10. The van der Waals surface area contributed by atoms with Gasteiger partial charge in [0.25, 0.3) is 0 Å². The van der Waals surface area contributed by atoms with Crippen molar-refractivity contribution in [2.24, 2.45) is 5.84 Å². The first kappa shape index (κ1) is 23.6. The van der Waals surface area contributed by atoms with E-state index >= 15 is 0 Å². The number of halogens is 2. The number of methoxy groups -OCH3 is 1. The van der Waals surface area contributed by atoms with Crippen molar-refractivity contribution in [3.05, 3.63) is 77.4 Å². The number of benzene rings is 3. The zero-order valence-corrected chi connectivity index (χ0v) is 17.5. The second kappa shape index (κ2) is 11.5. The molecule has 0 radical (unpaired) electrons. The van der Waals surface area contributed by atoms with E-state index in [1.54, 1.807) is 29.7 Å². The van der Waals surface area contributed by atoms with E-state index in [9.17, 15) is 8.78 Å². The fourth-order valence-electron chi connectivity index (χ4n) is 2.95. The fourth-order valence-corrected chi connectivity index (χ4v) is 2.95. The van der Waals surface area contributed by atoms with Crippen molar-refractivity contribution in [1.29, 1.82) is 0 Å². The summed E-state index contributed by atoms with van der Waals surface area (Å²) >= 11 is 0. The van der Waals surface area contributed by atoms with Crippen LogP contribution in [0.25, 0.3) is 11.1 Å². The summed E-state index contributed by atoms with van der Waals surface area (Å²) in [5.41, 5.74) is 5.01. The van der Waals surface area contributed by atoms with E-state index in [1.807, 2.05) is 32.2 Å². The third-order valence-electron chi connectivity index (χ3n) is 4.53. The Morgan fingerprint density at radius 1 is 1.03 bits per heavy atom. The molecule has 0 saturated carbocycles. The lowest BCUT2D eigenvalue weighted by atomic mass is 10.0. The van der Waals surface area contributed by atoms with Gasteiger partial charge in [-0.15, -0.1) is 0 Å². The van der Waals surface area contributed by atoms with Gasteiger partial charge in [-0.3, -0.25) is 10.2 Å². The number of hydrogen-bond acceptors (Lipinski definition) is 5. The maximum atomic E-state index is 14.6. The fraction of sp³-hybridized carbons (Fsp3) is 0.174. The van der Waals surface area contributed by atoms with Crippen LogP contribution in [0.1, 0.15) is 11.1 Å². The Morgan fingerprint density at radius 2 is 1.65 bits per heavy atom. The molecule has 3 aromatic rings. The van der Waals surface area contributed by atoms with Gasteiger partial charge in [0.1, 0.15) is 29.7 Å². The van der Waals surface area contributed by atoms with Gasteiger partial charge < -0.3 is 14.8 Å². The highest BCUT2D eigenvalue weighted by atomic mass is 19.1. The van der Waals surface area contributed by atoms with E-state index < -0.39 is 11.6 Å². The monoisotopic (exact) mass is 429 g/mol. The molecule has 0 aliphatic carbocycles. The summed E-state index contributed by atoms with van der Waals surface area (Å²) in [4.78, 5) is 8.94. The van der Waals surface area contributed by atoms with Crippen LogP contribution in [0.3, 0.4) is 0 Å². The number of amides is 1. The van der Waals surface area contributed by atoms with E-state index in [4.69, 9.17) is 14.3 Å². The first-order valence-corrected chi connectivity index (χ1v) is 9.37. The zero-order chi connectivity index (χ0) is 22.8. The first-order valence-electron chi connectivity index (χ1n) is 9.37. The van der Waals surface area contributed by atoms with Gasteiger partial charge in [0.15, 0.2) is 0 Å². The number of carbonyl (C=O) groups excluding carboxylic acids is 1. The quantitative estimate of drug-likeness (QED) is 0.227. The Morgan fingerprint density at radius 3 is 2.16 bits per heavy atom. The highest BCUT2D eigenvalue weighted by Crippen LogP contribution is 2.31. The Kier molecular flexibility index (Phi) is 8.78. The minimum atomic E-state index is -0.672. The SMILES string of the molecule is CNc1cccc(C)c1COc1cc(F)c(-c2ccc(OC)cc2)c(F)c1.NNC=O. The third kappa shape index (κ3) is 6.16. The number of ether oxygens (including phenoxy) is 2. The van der Waals surface area contributed by atoms with Gasteiger partial charge in [0.05, 0.1) is 12.7 Å². The smallest absolute Gasteiger partial charge is 0.221 e. The van der Waals surface area contributed by atoms with Gasteiger partial charge >= 0.3 is 0 Å². The van der Waals surface area contributed by atoms with E-state index in [0.717, 1.165) is 16.8 Å². The summed E-state index contributed by atoms with van der Waals surface area (Å²) in [6.45, 7) is 2.18. The number of nitrogens with two attached hydrogens (primary N) is 1. The van der Waals surface area contributed by atoms with Crippen molar-refractivity contribution in [1.82, 2.24) is 5.43 Å². The number of carbonyl (C=O) groups is 1. The second-order valence-corrected chi connectivity index (χ2v) is 6.41. The largest absolute Gasteiger partial charge is 0.497 e. The minimum absolute atomic E-state index is 0.0863. The Bertz CT molecular complexity index is 988. The number of anilines is 1. The maximum Gasteiger partial charge on any atom is 0.221 e. The van der Waals surface area contributed by atoms with Crippen LogP contribution in [0.4, 0.5) is 14.5 Å². The summed E-state index contributed by atoms with van der Waals surface area (Å²) in [5.74, 6) is 3.83. The summed E-state index contributed by atoms with van der Waals surface area (Å²) < 4.78 is 39.9. The highest BCUT2D eigenvalue weighted by Gasteiger charge is 2.15. The van der Waals surface area contributed by atoms with Crippen LogP contribution < -0.4 is 26.1 Å². The second-order valence-electron chi connectivity index (χ2n) is 6.41. The van der Waals surface area contributed by atoms with Crippen LogP contribution in [-0.4, -0.2) is 20.6 Å². The average Bonchev–Trinajstić information content (AvgIpc) is 2.78. The molecule has 0 aliphatic rings. The average molecular weight is 429 g/mol. The molecule has 0 spiro atoms. The van der Waals surface area contributed by atoms with Crippen LogP contribution in [0.15, 0.2) is 54.6 Å². The zero-order valence-electron chi connectivity index (χ0n) is 17.5. The molecule has 0 unspecified atom stereocenters. The van der Waals surface area contributed by atoms with Crippen LogP contribution >= 0.6 is 0 Å². The van der Waals surface area contributed by atoms with Crippen molar-refractivity contribution in [3.63, 3.8) is 0 Å². The van der Waals surface area contributed by atoms with Gasteiger partial charge in [-0.25, -0.2) is 14.6 Å². The predicted molar refractivity (Wildman–Crippen MR) is 117 cm³/mol. The minimum Gasteiger partial charge on any atom is -0.497 e. The van der Waals surface area contributed by atoms with Gasteiger partial charge in [0.2, 0.25) is 6.41 Å². The summed E-state index contributed by atoms with van der Waals surface area (Å²) in [7, 11) is 3.36. The molecule has 3 rings (SSSR count). The lowest BCUT2D eigenvalue weighted by molar-refractivity contribution is -0.109. The van der Waals surface area contributed by atoms with Gasteiger partial charge in [0, 0.05) is 30.4 Å². The third-order valence-corrected chi connectivity index (χ3v) is 4.53. The highest BCUT2D eigenvalue weighted by molar-refractivity contribution is 5.66. The molecule has 0 aliphatic heterocycles. The molecule has 0 atom stereocenters. The first-order chi connectivity index (χ1) is 14.9. The number of rotatable bonds is 7. The van der Waals surface area contributed by atoms with Gasteiger partial charge in [-0.05, 0) is 36.2 Å². The van der Waals surface area contributed by atoms with Gasteiger partial charge in [-0.2, -0.15) is 0 Å². The lowest BCUT2D eigenvalue weighted by Gasteiger charge is -2.14. The van der Waals surface area contributed by atoms with Crippen LogP contribution in [0.2, 0.25) is 0 Å². The molecular weight excluding hydrogens is 404 g/mol. The number of nitrogens with one attached hydrogen (secondary N) is 2. The molecule has 0 bridgehead atoms. The molecule has 0 aromatic heterocycles. The molecule has 164 valence electrons. The van der Waals surface area contributed by atoms with Gasteiger partial charge in [-0.1, -0.05) is 24.3 Å². The Labute approximate surface area is 180 Å². The van der Waals surface area contributed by atoms with Crippen LogP contribution in [0.5, 0.6) is 11.5 Å². The van der Waals surface area contributed by atoms with E-state index in [-0.39, 0.29) is 17.9 Å². The normalized spacial score (nSPS) is 9.87. The molecule has 1 amide bonds. The topological polar surface area (TPSA) is 85.6 Å². The van der Waals surface area contributed by atoms with Crippen LogP contribution in [-0.2, 0) is 11.4 Å². The van der Waals surface area contributed by atoms with Crippen LogP contribution in [0, 0.1) is 18.6 Å². The summed E-state index contributed by atoms with van der Waals surface area (Å²) in [6, 6.07) is 14.8. The Balaban J connectivity index is 0.000000785. The molecule has 8 heteroatoms. The van der Waals surface area contributed by atoms with E-state index in [1.165, 1.54) is 19.2 Å². The molecular formula is C23H25F2N3O3. The number of hydrogen-bond donors (Lipinski definition) is 3. The van der Waals surface area contributed by atoms with Crippen molar-refractivity contribution < 1.29 is 23.0 Å². The van der Waals surface area contributed by atoms with Crippen molar-refractivity contribution in [3.8, 4) is 22.6 Å². The van der Waals surface area contributed by atoms with E-state index in [0.29, 0.717) is 17.7 Å². The molecule has 0 fully saturated rings. The molecule has 0 saturated heterocycles. The number of aryl methyl sites for hydroxylation is 1. The molecule has 3 aromatic carbocycles. The van der Waals surface area contributed by atoms with E-state index in [2.05, 4.69) is 11.2 Å². The Hall–Kier alpha value is -3.65. The molecule has 4 N–H and O–H groups in total. The molecule has 31 heavy (non-hydrogen) atoms. The molecule has 0 heterocycles. The lowest BCUT2D eigenvalue weighted by Crippen LogP contribution is -2.18. The van der Waals surface area contributed by atoms with Crippen molar-refractivity contribution in [2.45, 2.75) is 13.5 Å². The molecule has 6 nitrogen and oxygen atoms in total. The van der Waals surface area contributed by atoms with Crippen molar-refractivity contribution >= 4 is 12.1 Å². The summed E-state index contributed by atoms with van der Waals surface area (Å²) in [6.07, 6.45) is 0.403. The standard InChI is InChI=1S/C22H21F2NO2.CH4N2O/c1-14-5-4-6-21(25-2)18(14)13-27-17-11-19(23)22(20(24)12-17)15-7-9-16(26-3)10-8-15;2-3-1-4/h4-12,25H,13H2,1-3H3;1H,2H2,(H,3,4). The predicted octanol–water partition coefficient (Wildman–Crippen LogP) is 4.18. The van der Waals surface area contributed by atoms with Crippen molar-refractivity contribution in [2.75, 3.05) is 19.5 Å². The maximum absolute atomic E-state index is 14.6.